The number of halogens is 2. The van der Waals surface area contributed by atoms with Crippen molar-refractivity contribution >= 4 is 15.9 Å². The van der Waals surface area contributed by atoms with Gasteiger partial charge >= 0.3 is 0 Å². The molecule has 4 heteroatoms. The Labute approximate surface area is 119 Å². The van der Waals surface area contributed by atoms with E-state index in [1.807, 2.05) is 24.3 Å². The van der Waals surface area contributed by atoms with Gasteiger partial charge in [0, 0.05) is 12.0 Å². The second-order valence-corrected chi connectivity index (χ2v) is 5.41. The topological polar surface area (TPSA) is 29.5 Å². The first-order chi connectivity index (χ1) is 9.16. The predicted octanol–water partition coefficient (Wildman–Crippen LogP) is 3.63. The maximum atomic E-state index is 14.0. The summed E-state index contributed by atoms with van der Waals surface area (Å²) in [7, 11) is 0. The molecule has 0 aromatic heterocycles. The van der Waals surface area contributed by atoms with Gasteiger partial charge in [-0.1, -0.05) is 30.3 Å². The molecule has 1 heterocycles. The van der Waals surface area contributed by atoms with Gasteiger partial charge in [-0.15, -0.1) is 0 Å². The van der Waals surface area contributed by atoms with Crippen LogP contribution < -0.4 is 4.74 Å². The van der Waals surface area contributed by atoms with E-state index in [-0.39, 0.29) is 5.56 Å². The Morgan fingerprint density at radius 2 is 2.00 bits per heavy atom. The first kappa shape index (κ1) is 12.6. The summed E-state index contributed by atoms with van der Waals surface area (Å²) in [6, 6.07) is 12.5. The van der Waals surface area contributed by atoms with Gasteiger partial charge in [-0.05, 0) is 33.6 Å². The lowest BCUT2D eigenvalue weighted by molar-refractivity contribution is 0.0466. The van der Waals surface area contributed by atoms with Crippen LogP contribution in [0.25, 0.3) is 0 Å². The zero-order chi connectivity index (χ0) is 13.4. The molecule has 2 aromatic carbocycles. The van der Waals surface area contributed by atoms with Crippen molar-refractivity contribution in [2.45, 2.75) is 18.6 Å². The van der Waals surface area contributed by atoms with Crippen molar-refractivity contribution in [1.82, 2.24) is 0 Å². The second-order valence-electron chi connectivity index (χ2n) is 4.56. The lowest BCUT2D eigenvalue weighted by Crippen LogP contribution is -2.24. The van der Waals surface area contributed by atoms with Crippen molar-refractivity contribution in [1.29, 1.82) is 0 Å². The van der Waals surface area contributed by atoms with Crippen LogP contribution in [-0.2, 0) is 6.42 Å². The third-order valence-electron chi connectivity index (χ3n) is 3.32. The number of hydrogen-bond acceptors (Lipinski definition) is 2. The molecular weight excluding hydrogens is 311 g/mol. The van der Waals surface area contributed by atoms with E-state index in [1.54, 1.807) is 18.2 Å². The molecule has 2 aromatic rings. The van der Waals surface area contributed by atoms with Crippen molar-refractivity contribution in [3.05, 3.63) is 63.9 Å². The van der Waals surface area contributed by atoms with Crippen LogP contribution in [0.2, 0.25) is 0 Å². The first-order valence-corrected chi connectivity index (χ1v) is 6.82. The van der Waals surface area contributed by atoms with E-state index in [0.29, 0.717) is 10.9 Å². The number of para-hydroxylation sites is 1. The molecule has 2 atom stereocenters. The minimum atomic E-state index is -0.982. The monoisotopic (exact) mass is 322 g/mol. The molecule has 1 aliphatic rings. The van der Waals surface area contributed by atoms with Crippen LogP contribution in [0.3, 0.4) is 0 Å². The highest BCUT2D eigenvalue weighted by atomic mass is 79.9. The molecule has 0 saturated carbocycles. The Morgan fingerprint density at radius 1 is 1.21 bits per heavy atom. The van der Waals surface area contributed by atoms with E-state index in [4.69, 9.17) is 4.74 Å². The summed E-state index contributed by atoms with van der Waals surface area (Å²) >= 11 is 3.12. The maximum absolute atomic E-state index is 14.0. The van der Waals surface area contributed by atoms with Crippen molar-refractivity contribution in [2.24, 2.45) is 0 Å². The van der Waals surface area contributed by atoms with Crippen LogP contribution in [0.1, 0.15) is 17.2 Å². The maximum Gasteiger partial charge on any atom is 0.143 e. The molecule has 1 aliphatic heterocycles. The van der Waals surface area contributed by atoms with Crippen LogP contribution in [0, 0.1) is 5.82 Å². The van der Waals surface area contributed by atoms with Crippen molar-refractivity contribution in [3.63, 3.8) is 0 Å². The lowest BCUT2D eigenvalue weighted by Gasteiger charge is -2.19. The first-order valence-electron chi connectivity index (χ1n) is 6.03. The molecule has 2 nitrogen and oxygen atoms in total. The fourth-order valence-corrected chi connectivity index (χ4v) is 2.72. The highest BCUT2D eigenvalue weighted by molar-refractivity contribution is 9.10. The smallest absolute Gasteiger partial charge is 0.143 e. The third kappa shape index (κ3) is 2.26. The highest BCUT2D eigenvalue weighted by Crippen LogP contribution is 2.35. The Morgan fingerprint density at radius 3 is 2.79 bits per heavy atom. The van der Waals surface area contributed by atoms with E-state index >= 15 is 0 Å². The largest absolute Gasteiger partial charge is 0.487 e. The second kappa shape index (κ2) is 4.94. The average Bonchev–Trinajstić information content (AvgIpc) is 2.85. The number of hydrogen-bond donors (Lipinski definition) is 1. The summed E-state index contributed by atoms with van der Waals surface area (Å²) in [5, 5.41) is 10.3. The van der Waals surface area contributed by atoms with Crippen LogP contribution in [-0.4, -0.2) is 11.2 Å². The van der Waals surface area contributed by atoms with Gasteiger partial charge in [0.1, 0.15) is 23.8 Å². The fraction of sp³-hybridized carbons (Fsp3) is 0.200. The summed E-state index contributed by atoms with van der Waals surface area (Å²) in [6.45, 7) is 0. The summed E-state index contributed by atoms with van der Waals surface area (Å²) in [4.78, 5) is 0. The average molecular weight is 323 g/mol. The number of rotatable bonds is 2. The summed E-state index contributed by atoms with van der Waals surface area (Å²) in [5.41, 5.74) is 1.30. The third-order valence-corrected chi connectivity index (χ3v) is 3.94. The van der Waals surface area contributed by atoms with Gasteiger partial charge in [0.15, 0.2) is 0 Å². The number of benzene rings is 2. The molecule has 0 radical (unpaired) electrons. The molecule has 0 amide bonds. The Kier molecular flexibility index (Phi) is 3.29. The van der Waals surface area contributed by atoms with Gasteiger partial charge in [-0.2, -0.15) is 0 Å². The molecule has 19 heavy (non-hydrogen) atoms. The molecule has 0 fully saturated rings. The van der Waals surface area contributed by atoms with Crippen LogP contribution in [0.4, 0.5) is 4.39 Å². The molecule has 0 saturated heterocycles. The molecule has 0 spiro atoms. The minimum Gasteiger partial charge on any atom is -0.487 e. The molecule has 1 N–H and O–H groups in total. The van der Waals surface area contributed by atoms with Crippen molar-refractivity contribution < 1.29 is 14.2 Å². The van der Waals surface area contributed by atoms with E-state index in [1.165, 1.54) is 0 Å². The zero-order valence-electron chi connectivity index (χ0n) is 10.0. The van der Waals surface area contributed by atoms with Crippen molar-refractivity contribution in [2.75, 3.05) is 0 Å². The normalized spacial score (nSPS) is 18.8. The summed E-state index contributed by atoms with van der Waals surface area (Å²) in [6.07, 6.45) is -0.838. The Balaban J connectivity index is 1.87. The van der Waals surface area contributed by atoms with Gasteiger partial charge in [0.05, 0.1) is 4.47 Å². The number of aliphatic hydroxyl groups excluding tert-OH is 1. The van der Waals surface area contributed by atoms with Gasteiger partial charge in [-0.3, -0.25) is 0 Å². The molecule has 3 rings (SSSR count). The molecule has 98 valence electrons. The van der Waals surface area contributed by atoms with Gasteiger partial charge in [0.2, 0.25) is 0 Å². The molecular formula is C15H12BrFO2. The SMILES string of the molecule is OC(c1cccc(Br)c1F)C1Cc2ccccc2O1. The van der Waals surface area contributed by atoms with E-state index in [0.717, 1.165) is 11.3 Å². The number of ether oxygens (including phenoxy) is 1. The van der Waals surface area contributed by atoms with Crippen LogP contribution in [0.5, 0.6) is 5.75 Å². The van der Waals surface area contributed by atoms with Crippen molar-refractivity contribution in [3.8, 4) is 5.75 Å². The quantitative estimate of drug-likeness (QED) is 0.915. The van der Waals surface area contributed by atoms with E-state index in [2.05, 4.69) is 15.9 Å². The Hall–Kier alpha value is -1.39. The number of aliphatic hydroxyl groups is 1. The highest BCUT2D eigenvalue weighted by Gasteiger charge is 2.31. The Bertz CT molecular complexity index is 590. The summed E-state index contributed by atoms with van der Waals surface area (Å²) in [5.74, 6) is 0.330. The number of fused-ring (bicyclic) bond motifs is 1. The van der Waals surface area contributed by atoms with E-state index < -0.39 is 18.0 Å². The van der Waals surface area contributed by atoms with Gasteiger partial charge in [0.25, 0.3) is 0 Å². The molecule has 0 aliphatic carbocycles. The predicted molar refractivity (Wildman–Crippen MR) is 73.6 cm³/mol. The minimum absolute atomic E-state index is 0.257. The van der Waals surface area contributed by atoms with E-state index in [9.17, 15) is 9.50 Å². The van der Waals surface area contributed by atoms with Crippen LogP contribution >= 0.6 is 15.9 Å². The van der Waals surface area contributed by atoms with Gasteiger partial charge in [-0.25, -0.2) is 4.39 Å². The summed E-state index contributed by atoms with van der Waals surface area (Å²) < 4.78 is 20.0. The van der Waals surface area contributed by atoms with Crippen LogP contribution in [0.15, 0.2) is 46.9 Å². The standard InChI is InChI=1S/C15H12BrFO2/c16-11-6-3-5-10(14(11)17)15(18)13-8-9-4-1-2-7-12(9)19-13/h1-7,13,15,18H,8H2. The fourth-order valence-electron chi connectivity index (χ4n) is 2.33. The lowest BCUT2D eigenvalue weighted by atomic mass is 10.00. The van der Waals surface area contributed by atoms with Gasteiger partial charge < -0.3 is 9.84 Å². The molecule has 2 unspecified atom stereocenters. The zero-order valence-corrected chi connectivity index (χ0v) is 11.6. The molecule has 0 bridgehead atoms.